The third kappa shape index (κ3) is 3.80. The van der Waals surface area contributed by atoms with Gasteiger partial charge in [-0.25, -0.2) is 0 Å². The van der Waals surface area contributed by atoms with Gasteiger partial charge in [0, 0.05) is 49.8 Å². The van der Waals surface area contributed by atoms with Gasteiger partial charge in [0.05, 0.1) is 18.4 Å². The van der Waals surface area contributed by atoms with Crippen LogP contribution in [0.15, 0.2) is 41.9 Å². The largest absolute Gasteiger partial charge is 0.371 e. The van der Waals surface area contributed by atoms with Crippen LogP contribution in [0.1, 0.15) is 17.0 Å². The summed E-state index contributed by atoms with van der Waals surface area (Å²) in [6, 6.07) is 11.0. The van der Waals surface area contributed by atoms with E-state index in [2.05, 4.69) is 32.3 Å². The van der Waals surface area contributed by atoms with Gasteiger partial charge in [-0.1, -0.05) is 12.1 Å². The Morgan fingerprint density at radius 3 is 3.00 bits per heavy atom. The lowest BCUT2D eigenvalue weighted by atomic mass is 10.1. The molecule has 2 aromatic rings. The number of ether oxygens (including phenoxy) is 1. The second-order valence-electron chi connectivity index (χ2n) is 6.45. The van der Waals surface area contributed by atoms with Crippen LogP contribution in [-0.2, 0) is 17.9 Å². The zero-order valence-electron chi connectivity index (χ0n) is 13.3. The summed E-state index contributed by atoms with van der Waals surface area (Å²) in [4.78, 5) is 11.0. The van der Waals surface area contributed by atoms with Crippen molar-refractivity contribution in [3.05, 3.63) is 52.5 Å². The van der Waals surface area contributed by atoms with Crippen molar-refractivity contribution in [2.75, 3.05) is 26.2 Å². The van der Waals surface area contributed by atoms with Crippen molar-refractivity contribution in [1.82, 2.24) is 14.8 Å². The molecule has 0 bridgehead atoms. The average Bonchev–Trinajstić information content (AvgIpc) is 3.23. The monoisotopic (exact) mass is 329 g/mol. The predicted octanol–water partition coefficient (Wildman–Crippen LogP) is 2.62. The fourth-order valence-electron chi connectivity index (χ4n) is 3.63. The molecule has 0 N–H and O–H groups in total. The zero-order valence-corrected chi connectivity index (χ0v) is 14.1. The molecule has 0 aromatic carbocycles. The number of nitrogens with zero attached hydrogens (tertiary/aromatic N) is 3. The van der Waals surface area contributed by atoms with Gasteiger partial charge in [-0.05, 0) is 30.0 Å². The predicted molar refractivity (Wildman–Crippen MR) is 92.4 cm³/mol. The van der Waals surface area contributed by atoms with Gasteiger partial charge in [0.15, 0.2) is 0 Å². The summed E-state index contributed by atoms with van der Waals surface area (Å²) in [7, 11) is 0. The smallest absolute Gasteiger partial charge is 0.0892 e. The Morgan fingerprint density at radius 1 is 1.17 bits per heavy atom. The SMILES string of the molecule is c1ccc(CO[C@H]2C[C@@H]3CN(Cc4cccs4)CCN3C2)nc1. The lowest BCUT2D eigenvalue weighted by Gasteiger charge is -2.37. The summed E-state index contributed by atoms with van der Waals surface area (Å²) in [6.45, 7) is 6.30. The Kier molecular flexibility index (Phi) is 4.71. The Morgan fingerprint density at radius 2 is 2.17 bits per heavy atom. The molecule has 5 heteroatoms. The number of hydrogen-bond acceptors (Lipinski definition) is 5. The molecule has 4 heterocycles. The molecule has 2 aliphatic rings. The number of rotatable bonds is 5. The van der Waals surface area contributed by atoms with Crippen LogP contribution in [0.4, 0.5) is 0 Å². The molecular weight excluding hydrogens is 306 g/mol. The first-order chi connectivity index (χ1) is 11.4. The van der Waals surface area contributed by atoms with Gasteiger partial charge in [-0.2, -0.15) is 0 Å². The second-order valence-corrected chi connectivity index (χ2v) is 7.49. The number of fused-ring (bicyclic) bond motifs is 1. The quantitative estimate of drug-likeness (QED) is 0.843. The maximum absolute atomic E-state index is 6.10. The van der Waals surface area contributed by atoms with Gasteiger partial charge < -0.3 is 4.74 Å². The van der Waals surface area contributed by atoms with E-state index < -0.39 is 0 Å². The van der Waals surface area contributed by atoms with E-state index in [1.807, 2.05) is 35.7 Å². The molecule has 23 heavy (non-hydrogen) atoms. The third-order valence-corrected chi connectivity index (χ3v) is 5.68. The zero-order chi connectivity index (χ0) is 15.5. The summed E-state index contributed by atoms with van der Waals surface area (Å²) in [5.41, 5.74) is 1.02. The second kappa shape index (κ2) is 7.09. The van der Waals surface area contributed by atoms with Crippen molar-refractivity contribution in [2.24, 2.45) is 0 Å². The Labute approximate surface area is 141 Å². The molecule has 0 radical (unpaired) electrons. The van der Waals surface area contributed by atoms with Gasteiger partial charge in [0.25, 0.3) is 0 Å². The maximum atomic E-state index is 6.10. The first-order valence-electron chi connectivity index (χ1n) is 8.37. The first kappa shape index (κ1) is 15.3. The summed E-state index contributed by atoms with van der Waals surface area (Å²) >= 11 is 1.86. The summed E-state index contributed by atoms with van der Waals surface area (Å²) in [6.07, 6.45) is 3.33. The van der Waals surface area contributed by atoms with Crippen LogP contribution in [0.25, 0.3) is 0 Å². The summed E-state index contributed by atoms with van der Waals surface area (Å²) in [5.74, 6) is 0. The van der Waals surface area contributed by atoms with Crippen molar-refractivity contribution >= 4 is 11.3 Å². The normalized spacial score (nSPS) is 25.6. The van der Waals surface area contributed by atoms with Gasteiger partial charge in [-0.15, -0.1) is 11.3 Å². The molecule has 0 saturated carbocycles. The van der Waals surface area contributed by atoms with Crippen molar-refractivity contribution in [2.45, 2.75) is 31.7 Å². The molecule has 122 valence electrons. The minimum Gasteiger partial charge on any atom is -0.371 e. The van der Waals surface area contributed by atoms with Crippen molar-refractivity contribution in [1.29, 1.82) is 0 Å². The molecule has 2 aromatic heterocycles. The Bertz CT molecular complexity index is 604. The van der Waals surface area contributed by atoms with E-state index >= 15 is 0 Å². The molecule has 0 amide bonds. The van der Waals surface area contributed by atoms with Crippen LogP contribution in [0.2, 0.25) is 0 Å². The van der Waals surface area contributed by atoms with Gasteiger partial charge in [0.1, 0.15) is 0 Å². The number of thiophene rings is 1. The highest BCUT2D eigenvalue weighted by Gasteiger charge is 2.36. The van der Waals surface area contributed by atoms with E-state index in [-0.39, 0.29) is 0 Å². The van der Waals surface area contributed by atoms with Crippen LogP contribution in [-0.4, -0.2) is 53.1 Å². The van der Waals surface area contributed by atoms with Crippen LogP contribution in [0.3, 0.4) is 0 Å². The van der Waals surface area contributed by atoms with E-state index in [9.17, 15) is 0 Å². The number of pyridine rings is 1. The molecule has 0 unspecified atom stereocenters. The number of hydrogen-bond donors (Lipinski definition) is 0. The highest BCUT2D eigenvalue weighted by atomic mass is 32.1. The van der Waals surface area contributed by atoms with Crippen LogP contribution in [0, 0.1) is 0 Å². The average molecular weight is 329 g/mol. The highest BCUT2D eigenvalue weighted by Crippen LogP contribution is 2.26. The Balaban J connectivity index is 1.27. The minimum atomic E-state index is 0.351. The maximum Gasteiger partial charge on any atom is 0.0892 e. The molecule has 4 nitrogen and oxygen atoms in total. The fourth-order valence-corrected chi connectivity index (χ4v) is 4.38. The third-order valence-electron chi connectivity index (χ3n) is 4.81. The minimum absolute atomic E-state index is 0.351. The van der Waals surface area contributed by atoms with E-state index in [1.165, 1.54) is 24.5 Å². The van der Waals surface area contributed by atoms with E-state index in [0.29, 0.717) is 18.8 Å². The molecule has 2 saturated heterocycles. The van der Waals surface area contributed by atoms with Gasteiger partial charge >= 0.3 is 0 Å². The van der Waals surface area contributed by atoms with Gasteiger partial charge in [0.2, 0.25) is 0 Å². The molecule has 2 atom stereocenters. The first-order valence-corrected chi connectivity index (χ1v) is 9.25. The molecular formula is C18H23N3OS. The molecule has 2 fully saturated rings. The summed E-state index contributed by atoms with van der Waals surface area (Å²) < 4.78 is 6.10. The van der Waals surface area contributed by atoms with Crippen molar-refractivity contribution < 1.29 is 4.74 Å². The Hall–Kier alpha value is -1.27. The number of aromatic nitrogens is 1. The lowest BCUT2D eigenvalue weighted by Crippen LogP contribution is -2.49. The highest BCUT2D eigenvalue weighted by molar-refractivity contribution is 7.09. The summed E-state index contributed by atoms with van der Waals surface area (Å²) in [5, 5.41) is 2.17. The van der Waals surface area contributed by atoms with Crippen molar-refractivity contribution in [3.8, 4) is 0 Å². The molecule has 0 aliphatic carbocycles. The van der Waals surface area contributed by atoms with Crippen LogP contribution < -0.4 is 0 Å². The van der Waals surface area contributed by atoms with Crippen LogP contribution in [0.5, 0.6) is 0 Å². The topological polar surface area (TPSA) is 28.6 Å². The lowest BCUT2D eigenvalue weighted by molar-refractivity contribution is 0.0440. The van der Waals surface area contributed by atoms with Crippen LogP contribution >= 0.6 is 11.3 Å². The molecule has 2 aliphatic heterocycles. The fraction of sp³-hybridized carbons (Fsp3) is 0.500. The van der Waals surface area contributed by atoms with E-state index in [1.54, 1.807) is 0 Å². The van der Waals surface area contributed by atoms with E-state index in [0.717, 1.165) is 25.2 Å². The molecule has 0 spiro atoms. The standard InChI is InChI=1S/C18H23N3OS/c1-2-6-19-15(4-1)14-22-17-10-16-11-20(7-8-21(16)12-17)13-18-5-3-9-23-18/h1-6,9,16-17H,7-8,10-14H2/t16-,17+/m1/s1. The van der Waals surface area contributed by atoms with E-state index in [4.69, 9.17) is 4.74 Å². The van der Waals surface area contributed by atoms with Gasteiger partial charge in [-0.3, -0.25) is 14.8 Å². The molecule has 4 rings (SSSR count). The van der Waals surface area contributed by atoms with Crippen molar-refractivity contribution in [3.63, 3.8) is 0 Å². The number of piperazine rings is 1.